The summed E-state index contributed by atoms with van der Waals surface area (Å²) < 4.78 is 2.25. The highest BCUT2D eigenvalue weighted by molar-refractivity contribution is 7.11. The first kappa shape index (κ1) is 17.5. The van der Waals surface area contributed by atoms with E-state index >= 15 is 0 Å². The van der Waals surface area contributed by atoms with Crippen LogP contribution in [0, 0.1) is 13.8 Å². The van der Waals surface area contributed by atoms with Gasteiger partial charge in [-0.3, -0.25) is 0 Å². The van der Waals surface area contributed by atoms with Crippen molar-refractivity contribution in [3.63, 3.8) is 0 Å². The van der Waals surface area contributed by atoms with Crippen molar-refractivity contribution in [3.05, 3.63) is 33.8 Å². The summed E-state index contributed by atoms with van der Waals surface area (Å²) in [4.78, 5) is 25.0. The predicted molar refractivity (Wildman–Crippen MR) is 103 cm³/mol. The van der Waals surface area contributed by atoms with Crippen molar-refractivity contribution in [1.29, 1.82) is 0 Å². The van der Waals surface area contributed by atoms with E-state index in [2.05, 4.69) is 33.0 Å². The first-order valence-corrected chi connectivity index (χ1v) is 10.4. The van der Waals surface area contributed by atoms with Gasteiger partial charge in [-0.15, -0.1) is 11.3 Å². The van der Waals surface area contributed by atoms with Crippen molar-refractivity contribution >= 4 is 17.4 Å². The van der Waals surface area contributed by atoms with Crippen molar-refractivity contribution in [2.45, 2.75) is 57.9 Å². The van der Waals surface area contributed by atoms with Gasteiger partial charge in [-0.05, 0) is 39.5 Å². The summed E-state index contributed by atoms with van der Waals surface area (Å²) in [5.41, 5.74) is 1.07. The maximum atomic E-state index is 12.6. The Morgan fingerprint density at radius 3 is 2.81 bits per heavy atom. The van der Waals surface area contributed by atoms with Crippen LogP contribution in [-0.2, 0) is 6.54 Å². The molecule has 2 aliphatic rings. The number of carbonyl (C=O) groups is 1. The number of nitrogens with one attached hydrogen (secondary N) is 1. The topological polar surface area (TPSA) is 63.1 Å². The van der Waals surface area contributed by atoms with E-state index in [1.54, 1.807) is 11.3 Å². The molecule has 0 saturated carbocycles. The van der Waals surface area contributed by atoms with Crippen LogP contribution >= 0.6 is 11.3 Å². The van der Waals surface area contributed by atoms with E-state index in [9.17, 15) is 4.79 Å². The Hall–Kier alpha value is -1.89. The molecule has 2 amide bonds. The average Bonchev–Trinajstić information content (AvgIpc) is 3.24. The highest BCUT2D eigenvalue weighted by Crippen LogP contribution is 2.31. The second-order valence-corrected chi connectivity index (χ2v) is 8.80. The number of rotatable bonds is 3. The Morgan fingerprint density at radius 1 is 1.27 bits per heavy atom. The molecule has 0 spiro atoms. The number of likely N-dealkylation sites (tertiary alicyclic amines) is 1. The Kier molecular flexibility index (Phi) is 4.98. The smallest absolute Gasteiger partial charge is 0.317 e. The number of hydrogen-bond donors (Lipinski definition) is 1. The Labute approximate surface area is 158 Å². The molecule has 0 aromatic carbocycles. The minimum atomic E-state index is 0.0687. The molecule has 26 heavy (non-hydrogen) atoms. The number of aromatic nitrogens is 3. The number of hydrogen-bond acceptors (Lipinski definition) is 4. The van der Waals surface area contributed by atoms with Gasteiger partial charge in [0.25, 0.3) is 0 Å². The standard InChI is InChI=1S/C19H27N5OS/c1-13-12-24-7-3-4-16(17(24)22-13)11-21-19(25)23-8-5-15(6-9-23)18-20-10-14(2)26-18/h10,12,15-16H,3-9,11H2,1-2H3,(H,21,25). The summed E-state index contributed by atoms with van der Waals surface area (Å²) in [7, 11) is 0. The molecule has 2 aromatic rings. The van der Waals surface area contributed by atoms with E-state index < -0.39 is 0 Å². The van der Waals surface area contributed by atoms with Crippen molar-refractivity contribution in [2.75, 3.05) is 19.6 Å². The molecule has 140 valence electrons. The number of fused-ring (bicyclic) bond motifs is 1. The number of thiazole rings is 1. The van der Waals surface area contributed by atoms with Crippen molar-refractivity contribution in [1.82, 2.24) is 24.8 Å². The van der Waals surface area contributed by atoms with E-state index in [1.807, 2.05) is 18.0 Å². The summed E-state index contributed by atoms with van der Waals surface area (Å²) in [6.07, 6.45) is 8.34. The summed E-state index contributed by atoms with van der Waals surface area (Å²) >= 11 is 1.79. The molecule has 4 rings (SSSR count). The maximum Gasteiger partial charge on any atom is 0.317 e. The number of nitrogens with zero attached hydrogens (tertiary/aromatic N) is 4. The number of urea groups is 1. The third-order valence-corrected chi connectivity index (χ3v) is 6.59. The van der Waals surface area contributed by atoms with Crippen LogP contribution in [0.2, 0.25) is 0 Å². The fraction of sp³-hybridized carbons (Fsp3) is 0.632. The van der Waals surface area contributed by atoms with Gasteiger partial charge in [-0.2, -0.15) is 0 Å². The van der Waals surface area contributed by atoms with Gasteiger partial charge in [-0.1, -0.05) is 0 Å². The van der Waals surface area contributed by atoms with Crippen LogP contribution in [0.1, 0.15) is 58.9 Å². The number of piperidine rings is 1. The van der Waals surface area contributed by atoms with Crippen LogP contribution in [-0.4, -0.2) is 45.1 Å². The monoisotopic (exact) mass is 373 g/mol. The molecule has 2 aromatic heterocycles. The molecular weight excluding hydrogens is 346 g/mol. The van der Waals surface area contributed by atoms with Crippen LogP contribution in [0.25, 0.3) is 0 Å². The first-order valence-electron chi connectivity index (χ1n) is 9.59. The van der Waals surface area contributed by atoms with Gasteiger partial charge in [0.2, 0.25) is 0 Å². The maximum absolute atomic E-state index is 12.6. The number of imidazole rings is 1. The number of aryl methyl sites for hydroxylation is 3. The van der Waals surface area contributed by atoms with Crippen LogP contribution < -0.4 is 5.32 Å². The highest BCUT2D eigenvalue weighted by Gasteiger charge is 2.27. The summed E-state index contributed by atoms with van der Waals surface area (Å²) in [6.45, 7) is 7.49. The fourth-order valence-corrected chi connectivity index (χ4v) is 5.06. The summed E-state index contributed by atoms with van der Waals surface area (Å²) in [5, 5.41) is 4.38. The molecule has 1 saturated heterocycles. The lowest BCUT2D eigenvalue weighted by Crippen LogP contribution is -2.45. The molecular formula is C19H27N5OS. The van der Waals surface area contributed by atoms with Gasteiger partial charge in [-0.25, -0.2) is 14.8 Å². The zero-order valence-electron chi connectivity index (χ0n) is 15.6. The van der Waals surface area contributed by atoms with Crippen LogP contribution in [0.15, 0.2) is 12.4 Å². The van der Waals surface area contributed by atoms with E-state index in [0.29, 0.717) is 18.4 Å². The van der Waals surface area contributed by atoms with Gasteiger partial charge < -0.3 is 14.8 Å². The molecule has 0 aliphatic carbocycles. The lowest BCUT2D eigenvalue weighted by Gasteiger charge is -2.32. The van der Waals surface area contributed by atoms with Crippen LogP contribution in [0.3, 0.4) is 0 Å². The largest absolute Gasteiger partial charge is 0.337 e. The zero-order chi connectivity index (χ0) is 18.1. The molecule has 0 radical (unpaired) electrons. The van der Waals surface area contributed by atoms with Gasteiger partial charge in [0, 0.05) is 55.3 Å². The Morgan fingerprint density at radius 2 is 2.08 bits per heavy atom. The van der Waals surface area contributed by atoms with Crippen LogP contribution in [0.5, 0.6) is 0 Å². The molecule has 7 heteroatoms. The average molecular weight is 374 g/mol. The van der Waals surface area contributed by atoms with Crippen molar-refractivity contribution in [2.24, 2.45) is 0 Å². The zero-order valence-corrected chi connectivity index (χ0v) is 16.4. The molecule has 1 atom stereocenters. The second-order valence-electron chi connectivity index (χ2n) is 7.53. The molecule has 1 unspecified atom stereocenters. The van der Waals surface area contributed by atoms with Gasteiger partial charge in [0.05, 0.1) is 10.7 Å². The van der Waals surface area contributed by atoms with E-state index in [1.165, 1.54) is 9.88 Å². The number of carbonyl (C=O) groups excluding carboxylic acids is 1. The molecule has 6 nitrogen and oxygen atoms in total. The second kappa shape index (κ2) is 7.39. The fourth-order valence-electron chi connectivity index (χ4n) is 4.11. The minimum Gasteiger partial charge on any atom is -0.337 e. The summed E-state index contributed by atoms with van der Waals surface area (Å²) in [6, 6.07) is 0.0687. The van der Waals surface area contributed by atoms with E-state index in [-0.39, 0.29) is 6.03 Å². The lowest BCUT2D eigenvalue weighted by molar-refractivity contribution is 0.180. The van der Waals surface area contributed by atoms with Gasteiger partial charge >= 0.3 is 6.03 Å². The minimum absolute atomic E-state index is 0.0687. The van der Waals surface area contributed by atoms with E-state index in [0.717, 1.165) is 56.8 Å². The third kappa shape index (κ3) is 3.63. The predicted octanol–water partition coefficient (Wildman–Crippen LogP) is 3.42. The SMILES string of the molecule is Cc1cn2c(n1)C(CNC(=O)N1CCC(c3ncc(C)s3)CC1)CCC2. The molecule has 2 aliphatic heterocycles. The quantitative estimate of drug-likeness (QED) is 0.897. The van der Waals surface area contributed by atoms with Gasteiger partial charge in [0.15, 0.2) is 0 Å². The summed E-state index contributed by atoms with van der Waals surface area (Å²) in [5.74, 6) is 1.97. The Bertz CT molecular complexity index is 775. The highest BCUT2D eigenvalue weighted by atomic mass is 32.1. The molecule has 1 fully saturated rings. The molecule has 4 heterocycles. The molecule has 1 N–H and O–H groups in total. The van der Waals surface area contributed by atoms with E-state index in [4.69, 9.17) is 0 Å². The van der Waals surface area contributed by atoms with Crippen molar-refractivity contribution in [3.8, 4) is 0 Å². The van der Waals surface area contributed by atoms with Crippen molar-refractivity contribution < 1.29 is 4.79 Å². The normalized spacial score (nSPS) is 20.8. The van der Waals surface area contributed by atoms with Gasteiger partial charge in [0.1, 0.15) is 5.82 Å². The first-order chi connectivity index (χ1) is 12.6. The number of amides is 2. The van der Waals surface area contributed by atoms with Crippen LogP contribution in [0.4, 0.5) is 4.79 Å². The lowest BCUT2D eigenvalue weighted by atomic mass is 9.97. The molecule has 0 bridgehead atoms. The Balaban J connectivity index is 1.28. The third-order valence-electron chi connectivity index (χ3n) is 5.51.